The number of likely N-dealkylation sites (tertiary alicyclic amines) is 1. The molecule has 6 nitrogen and oxygen atoms in total. The lowest BCUT2D eigenvalue weighted by atomic mass is 10.1. The molecule has 2 fully saturated rings. The average Bonchev–Trinajstić information content (AvgIpc) is 3.13. The Morgan fingerprint density at radius 3 is 2.81 bits per heavy atom. The number of carbonyl (C=O) groups excluding carboxylic acids is 1. The molecule has 2 aliphatic rings. The van der Waals surface area contributed by atoms with Crippen LogP contribution in [0.4, 0.5) is 0 Å². The van der Waals surface area contributed by atoms with Crippen molar-refractivity contribution in [2.45, 2.75) is 25.3 Å². The number of hydrogen-bond acceptors (Lipinski definition) is 4. The molecule has 6 heteroatoms. The van der Waals surface area contributed by atoms with Gasteiger partial charge in [-0.2, -0.15) is 0 Å². The molecule has 0 spiro atoms. The Morgan fingerprint density at radius 2 is 2.10 bits per heavy atom. The lowest BCUT2D eigenvalue weighted by molar-refractivity contribution is -0.137. The van der Waals surface area contributed by atoms with Crippen LogP contribution in [0.25, 0.3) is 11.4 Å². The molecule has 0 unspecified atom stereocenters. The largest absolute Gasteiger partial charge is 0.338 e. The summed E-state index contributed by atoms with van der Waals surface area (Å²) in [6, 6.07) is 5.98. The molecule has 1 aliphatic carbocycles. The number of hydrogen-bond donors (Lipinski definition) is 0. The van der Waals surface area contributed by atoms with Crippen molar-refractivity contribution in [3.8, 4) is 11.4 Å². The Labute approximate surface area is 122 Å². The van der Waals surface area contributed by atoms with Gasteiger partial charge in [0.2, 0.25) is 5.91 Å². The molecule has 2 aromatic heterocycles. The van der Waals surface area contributed by atoms with Gasteiger partial charge >= 0.3 is 0 Å². The summed E-state index contributed by atoms with van der Waals surface area (Å²) < 4.78 is 1.85. The molecule has 4 rings (SSSR count). The zero-order valence-electron chi connectivity index (χ0n) is 11.7. The zero-order valence-corrected chi connectivity index (χ0v) is 11.7. The maximum absolute atomic E-state index is 11.9. The summed E-state index contributed by atoms with van der Waals surface area (Å²) in [6.45, 7) is 1.49. The average molecular weight is 283 g/mol. The van der Waals surface area contributed by atoms with Crippen molar-refractivity contribution in [1.82, 2.24) is 24.9 Å². The topological polar surface area (TPSA) is 63.9 Å². The highest BCUT2D eigenvalue weighted by Gasteiger charge is 2.35. The van der Waals surface area contributed by atoms with Crippen LogP contribution in [0.3, 0.4) is 0 Å². The van der Waals surface area contributed by atoms with Gasteiger partial charge in [0.15, 0.2) is 0 Å². The van der Waals surface area contributed by atoms with Crippen molar-refractivity contribution in [3.05, 3.63) is 30.6 Å². The summed E-state index contributed by atoms with van der Waals surface area (Å²) in [5, 5.41) is 8.33. The first kappa shape index (κ1) is 12.5. The van der Waals surface area contributed by atoms with E-state index in [1.165, 1.54) is 12.8 Å². The summed E-state index contributed by atoms with van der Waals surface area (Å²) in [4.78, 5) is 18.1. The minimum absolute atomic E-state index is 0.248. The van der Waals surface area contributed by atoms with E-state index in [0.717, 1.165) is 30.9 Å². The molecule has 21 heavy (non-hydrogen) atoms. The van der Waals surface area contributed by atoms with Crippen LogP contribution in [0.15, 0.2) is 30.6 Å². The SMILES string of the molecule is O=C(CC1CC1)N1CC(n2cc(-c3ccccn3)nn2)C1. The Hall–Kier alpha value is -2.24. The van der Waals surface area contributed by atoms with Crippen LogP contribution in [0.1, 0.15) is 25.3 Å². The molecule has 0 aromatic carbocycles. The lowest BCUT2D eigenvalue weighted by Crippen LogP contribution is -2.51. The van der Waals surface area contributed by atoms with E-state index in [0.29, 0.717) is 11.8 Å². The number of carbonyl (C=O) groups is 1. The monoisotopic (exact) mass is 283 g/mol. The third-order valence-corrected chi connectivity index (χ3v) is 4.19. The second kappa shape index (κ2) is 4.95. The number of nitrogens with zero attached hydrogens (tertiary/aromatic N) is 5. The molecular formula is C15H17N5O. The molecule has 1 saturated heterocycles. The van der Waals surface area contributed by atoms with Crippen molar-refractivity contribution in [3.63, 3.8) is 0 Å². The van der Waals surface area contributed by atoms with Gasteiger partial charge in [0.25, 0.3) is 0 Å². The number of amides is 1. The van der Waals surface area contributed by atoms with Gasteiger partial charge in [0.05, 0.1) is 17.9 Å². The summed E-state index contributed by atoms with van der Waals surface area (Å²) in [5.74, 6) is 0.942. The van der Waals surface area contributed by atoms with Crippen LogP contribution in [0.5, 0.6) is 0 Å². The van der Waals surface area contributed by atoms with E-state index in [1.807, 2.05) is 34.0 Å². The van der Waals surface area contributed by atoms with E-state index in [4.69, 9.17) is 0 Å². The molecule has 1 saturated carbocycles. The predicted molar refractivity (Wildman–Crippen MR) is 76.2 cm³/mol. The molecule has 0 N–H and O–H groups in total. The minimum Gasteiger partial charge on any atom is -0.338 e. The third kappa shape index (κ3) is 2.53. The zero-order chi connectivity index (χ0) is 14.2. The van der Waals surface area contributed by atoms with Crippen molar-refractivity contribution in [2.75, 3.05) is 13.1 Å². The van der Waals surface area contributed by atoms with Gasteiger partial charge in [-0.15, -0.1) is 5.10 Å². The predicted octanol–water partition coefficient (Wildman–Crippen LogP) is 1.52. The van der Waals surface area contributed by atoms with Crippen LogP contribution < -0.4 is 0 Å². The fraction of sp³-hybridized carbons (Fsp3) is 0.467. The molecule has 0 bridgehead atoms. The first-order valence-corrected chi connectivity index (χ1v) is 7.40. The van der Waals surface area contributed by atoms with Crippen molar-refractivity contribution >= 4 is 5.91 Å². The highest BCUT2D eigenvalue weighted by atomic mass is 16.2. The van der Waals surface area contributed by atoms with Crippen molar-refractivity contribution < 1.29 is 4.79 Å². The van der Waals surface area contributed by atoms with Gasteiger partial charge in [0.1, 0.15) is 5.69 Å². The summed E-state index contributed by atoms with van der Waals surface area (Å²) in [7, 11) is 0. The van der Waals surface area contributed by atoms with E-state index < -0.39 is 0 Å². The molecule has 108 valence electrons. The molecule has 0 atom stereocenters. The molecule has 1 aliphatic heterocycles. The van der Waals surface area contributed by atoms with Crippen LogP contribution in [-0.4, -0.2) is 43.9 Å². The standard InChI is InChI=1S/C15H17N5O/c21-15(7-11-4-5-11)19-8-12(9-19)20-10-14(17-18-20)13-3-1-2-6-16-13/h1-3,6,10-12H,4-5,7-9H2. The fourth-order valence-corrected chi connectivity index (χ4v) is 2.61. The van der Waals surface area contributed by atoms with Crippen LogP contribution in [0, 0.1) is 5.92 Å². The maximum atomic E-state index is 11.9. The van der Waals surface area contributed by atoms with E-state index >= 15 is 0 Å². The number of pyridine rings is 1. The van der Waals surface area contributed by atoms with Crippen molar-refractivity contribution in [1.29, 1.82) is 0 Å². The van der Waals surface area contributed by atoms with Gasteiger partial charge in [0, 0.05) is 25.7 Å². The molecule has 2 aromatic rings. The van der Waals surface area contributed by atoms with Gasteiger partial charge in [-0.1, -0.05) is 11.3 Å². The van der Waals surface area contributed by atoms with Gasteiger partial charge in [-0.3, -0.25) is 9.78 Å². The molecule has 3 heterocycles. The first-order valence-electron chi connectivity index (χ1n) is 7.40. The summed E-state index contributed by atoms with van der Waals surface area (Å²) in [6.07, 6.45) is 6.83. The summed E-state index contributed by atoms with van der Waals surface area (Å²) >= 11 is 0. The maximum Gasteiger partial charge on any atom is 0.222 e. The second-order valence-electron chi connectivity index (χ2n) is 5.90. The lowest BCUT2D eigenvalue weighted by Gasteiger charge is -2.39. The van der Waals surface area contributed by atoms with E-state index in [2.05, 4.69) is 15.3 Å². The van der Waals surface area contributed by atoms with E-state index in [1.54, 1.807) is 6.20 Å². The second-order valence-corrected chi connectivity index (χ2v) is 5.90. The Kier molecular flexibility index (Phi) is 2.94. The quantitative estimate of drug-likeness (QED) is 0.853. The highest BCUT2D eigenvalue weighted by Crippen LogP contribution is 2.34. The smallest absolute Gasteiger partial charge is 0.222 e. The minimum atomic E-state index is 0.248. The van der Waals surface area contributed by atoms with Crippen molar-refractivity contribution in [2.24, 2.45) is 5.92 Å². The Balaban J connectivity index is 1.38. The van der Waals surface area contributed by atoms with Gasteiger partial charge in [-0.25, -0.2) is 4.68 Å². The normalized spacial score (nSPS) is 18.6. The Bertz CT molecular complexity index is 643. The molecule has 1 amide bonds. The third-order valence-electron chi connectivity index (χ3n) is 4.19. The fourth-order valence-electron chi connectivity index (χ4n) is 2.61. The van der Waals surface area contributed by atoms with Gasteiger partial charge in [-0.05, 0) is 30.9 Å². The van der Waals surface area contributed by atoms with Gasteiger partial charge < -0.3 is 4.90 Å². The van der Waals surface area contributed by atoms with Crippen LogP contribution in [-0.2, 0) is 4.79 Å². The van der Waals surface area contributed by atoms with Crippen LogP contribution in [0.2, 0.25) is 0 Å². The summed E-state index contributed by atoms with van der Waals surface area (Å²) in [5.41, 5.74) is 1.60. The first-order chi connectivity index (χ1) is 10.3. The van der Waals surface area contributed by atoms with E-state index in [-0.39, 0.29) is 6.04 Å². The molecular weight excluding hydrogens is 266 g/mol. The number of aromatic nitrogens is 4. The van der Waals surface area contributed by atoms with Crippen LogP contribution >= 0.6 is 0 Å². The number of rotatable bonds is 4. The molecule has 0 radical (unpaired) electrons. The highest BCUT2D eigenvalue weighted by molar-refractivity contribution is 5.77. The Morgan fingerprint density at radius 1 is 1.24 bits per heavy atom. The van der Waals surface area contributed by atoms with E-state index in [9.17, 15) is 4.79 Å².